The Kier molecular flexibility index (Phi) is 3.18. The van der Waals surface area contributed by atoms with Crippen LogP contribution >= 0.6 is 0 Å². The molecule has 0 unspecified atom stereocenters. The number of nitrogens with one attached hydrogen (secondary N) is 2. The van der Waals surface area contributed by atoms with Crippen molar-refractivity contribution in [3.63, 3.8) is 0 Å². The number of carbonyl (C=O) groups excluding carboxylic acids is 2. The molecule has 5 heteroatoms. The monoisotopic (exact) mass is 271 g/mol. The van der Waals surface area contributed by atoms with Gasteiger partial charge in [0.25, 0.3) is 0 Å². The molecule has 1 aromatic heterocycles. The van der Waals surface area contributed by atoms with Crippen molar-refractivity contribution >= 4 is 22.7 Å². The summed E-state index contributed by atoms with van der Waals surface area (Å²) in [5.74, 6) is -0.0386. The summed E-state index contributed by atoms with van der Waals surface area (Å²) in [7, 11) is 1.98. The van der Waals surface area contributed by atoms with E-state index in [4.69, 9.17) is 0 Å². The van der Waals surface area contributed by atoms with Crippen LogP contribution in [0, 0.1) is 0 Å². The Bertz CT molecular complexity index is 675. The van der Waals surface area contributed by atoms with Gasteiger partial charge in [0.15, 0.2) is 0 Å². The van der Waals surface area contributed by atoms with Crippen molar-refractivity contribution in [2.75, 3.05) is 6.54 Å². The lowest BCUT2D eigenvalue weighted by Gasteiger charge is -2.09. The number of nitrogens with zero attached hydrogens (tertiary/aromatic N) is 1. The summed E-state index contributed by atoms with van der Waals surface area (Å²) in [5.41, 5.74) is 2.13. The van der Waals surface area contributed by atoms with Crippen molar-refractivity contribution < 1.29 is 9.59 Å². The third kappa shape index (κ3) is 2.39. The molecule has 104 valence electrons. The molecule has 2 N–H and O–H groups in total. The minimum absolute atomic E-state index is 0.000427. The van der Waals surface area contributed by atoms with Crippen molar-refractivity contribution in [3.8, 4) is 0 Å². The van der Waals surface area contributed by atoms with E-state index in [-0.39, 0.29) is 17.9 Å². The molecule has 5 nitrogen and oxygen atoms in total. The largest absolute Gasteiger partial charge is 0.354 e. The summed E-state index contributed by atoms with van der Waals surface area (Å²) < 4.78 is 2.03. The molecule has 1 aromatic carbocycles. The molecule has 0 spiro atoms. The van der Waals surface area contributed by atoms with Gasteiger partial charge >= 0.3 is 0 Å². The molecule has 0 aliphatic carbocycles. The zero-order chi connectivity index (χ0) is 14.1. The smallest absolute Gasteiger partial charge is 0.224 e. The van der Waals surface area contributed by atoms with E-state index in [0.717, 1.165) is 16.5 Å². The predicted octanol–water partition coefficient (Wildman–Crippen LogP) is 0.725. The van der Waals surface area contributed by atoms with Gasteiger partial charge in [-0.2, -0.15) is 0 Å². The molecule has 2 aromatic rings. The Morgan fingerprint density at radius 2 is 2.25 bits per heavy atom. The molecule has 0 radical (unpaired) electrons. The third-order valence-electron chi connectivity index (χ3n) is 3.67. The van der Waals surface area contributed by atoms with Crippen molar-refractivity contribution in [2.24, 2.45) is 7.05 Å². The molecule has 1 saturated heterocycles. The van der Waals surface area contributed by atoms with Crippen molar-refractivity contribution in [1.29, 1.82) is 0 Å². The third-order valence-corrected chi connectivity index (χ3v) is 3.67. The van der Waals surface area contributed by atoms with E-state index in [0.29, 0.717) is 19.4 Å². The molecule has 2 heterocycles. The molecule has 0 bridgehead atoms. The van der Waals surface area contributed by atoms with Crippen LogP contribution in [0.15, 0.2) is 30.5 Å². The van der Waals surface area contributed by atoms with Gasteiger partial charge in [0.05, 0.1) is 12.5 Å². The molecule has 1 atom stereocenters. The second-order valence-electron chi connectivity index (χ2n) is 5.23. The SMILES string of the molecule is Cn1cc(CC(=O)N[C@@H]2CNC(=O)C2)c2ccccc21. The maximum atomic E-state index is 12.1. The fraction of sp³-hybridized carbons (Fsp3) is 0.333. The van der Waals surface area contributed by atoms with E-state index >= 15 is 0 Å². The van der Waals surface area contributed by atoms with Gasteiger partial charge in [0.1, 0.15) is 0 Å². The van der Waals surface area contributed by atoms with Gasteiger partial charge in [-0.05, 0) is 11.6 Å². The lowest BCUT2D eigenvalue weighted by Crippen LogP contribution is -2.37. The predicted molar refractivity (Wildman–Crippen MR) is 76.2 cm³/mol. The summed E-state index contributed by atoms with van der Waals surface area (Å²) in [6.07, 6.45) is 2.70. The molecule has 20 heavy (non-hydrogen) atoms. The Labute approximate surface area is 117 Å². The first-order valence-corrected chi connectivity index (χ1v) is 6.72. The van der Waals surface area contributed by atoms with Gasteiger partial charge in [0.2, 0.25) is 11.8 Å². The molecule has 2 amide bonds. The van der Waals surface area contributed by atoms with Crippen LogP contribution in [0.5, 0.6) is 0 Å². The number of para-hydroxylation sites is 1. The van der Waals surface area contributed by atoms with E-state index < -0.39 is 0 Å². The first kappa shape index (κ1) is 12.7. The zero-order valence-corrected chi connectivity index (χ0v) is 11.3. The minimum Gasteiger partial charge on any atom is -0.354 e. The van der Waals surface area contributed by atoms with Gasteiger partial charge in [-0.1, -0.05) is 18.2 Å². The summed E-state index contributed by atoms with van der Waals surface area (Å²) in [4.78, 5) is 23.2. The van der Waals surface area contributed by atoms with Crippen LogP contribution in [0.4, 0.5) is 0 Å². The van der Waals surface area contributed by atoms with Crippen molar-refractivity contribution in [2.45, 2.75) is 18.9 Å². The lowest BCUT2D eigenvalue weighted by molar-refractivity contribution is -0.121. The molecule has 0 saturated carbocycles. The highest BCUT2D eigenvalue weighted by Crippen LogP contribution is 2.20. The number of amides is 2. The minimum atomic E-state index is -0.0787. The van der Waals surface area contributed by atoms with Gasteiger partial charge in [-0.25, -0.2) is 0 Å². The van der Waals surface area contributed by atoms with Crippen LogP contribution in [-0.2, 0) is 23.1 Å². The highest BCUT2D eigenvalue weighted by Gasteiger charge is 2.23. The van der Waals surface area contributed by atoms with E-state index in [2.05, 4.69) is 10.6 Å². The van der Waals surface area contributed by atoms with Crippen LogP contribution in [0.3, 0.4) is 0 Å². The number of rotatable bonds is 3. The fourth-order valence-corrected chi connectivity index (χ4v) is 2.73. The Balaban J connectivity index is 1.73. The Morgan fingerprint density at radius 3 is 3.00 bits per heavy atom. The maximum Gasteiger partial charge on any atom is 0.224 e. The van der Waals surface area contributed by atoms with E-state index in [9.17, 15) is 9.59 Å². The number of benzene rings is 1. The van der Waals surface area contributed by atoms with Gasteiger partial charge in [0, 0.05) is 37.1 Å². The fourth-order valence-electron chi connectivity index (χ4n) is 2.73. The second-order valence-corrected chi connectivity index (χ2v) is 5.23. The highest BCUT2D eigenvalue weighted by molar-refractivity contribution is 5.90. The van der Waals surface area contributed by atoms with E-state index in [1.54, 1.807) is 0 Å². The molecule has 1 fully saturated rings. The van der Waals surface area contributed by atoms with E-state index in [1.165, 1.54) is 0 Å². The maximum absolute atomic E-state index is 12.1. The molecular weight excluding hydrogens is 254 g/mol. The van der Waals surface area contributed by atoms with Crippen LogP contribution in [0.1, 0.15) is 12.0 Å². The summed E-state index contributed by atoms with van der Waals surface area (Å²) in [6, 6.07) is 7.95. The van der Waals surface area contributed by atoms with Crippen LogP contribution in [0.2, 0.25) is 0 Å². The summed E-state index contributed by atoms with van der Waals surface area (Å²) in [6.45, 7) is 0.528. The zero-order valence-electron chi connectivity index (χ0n) is 11.3. The average Bonchev–Trinajstić information content (AvgIpc) is 2.95. The first-order chi connectivity index (χ1) is 9.63. The first-order valence-electron chi connectivity index (χ1n) is 6.72. The Hall–Kier alpha value is -2.30. The normalized spacial score (nSPS) is 18.2. The summed E-state index contributed by atoms with van der Waals surface area (Å²) >= 11 is 0. The average molecular weight is 271 g/mol. The number of carbonyl (C=O) groups is 2. The van der Waals surface area contributed by atoms with Crippen molar-refractivity contribution in [1.82, 2.24) is 15.2 Å². The molecule has 3 rings (SSSR count). The summed E-state index contributed by atoms with van der Waals surface area (Å²) in [5, 5.41) is 6.72. The Morgan fingerprint density at radius 1 is 1.45 bits per heavy atom. The molecule has 1 aliphatic heterocycles. The number of aromatic nitrogens is 1. The standard InChI is InChI=1S/C15H17N3O2/c1-18-9-10(12-4-2-3-5-13(12)18)6-15(20)17-11-7-14(19)16-8-11/h2-5,9,11H,6-8H2,1H3,(H,16,19)(H,17,20)/t11-/m0/s1. The van der Waals surface area contributed by atoms with Gasteiger partial charge < -0.3 is 15.2 Å². The van der Waals surface area contributed by atoms with Crippen LogP contribution < -0.4 is 10.6 Å². The van der Waals surface area contributed by atoms with Gasteiger partial charge in [-0.3, -0.25) is 9.59 Å². The number of hydrogen-bond donors (Lipinski definition) is 2. The highest BCUT2D eigenvalue weighted by atomic mass is 16.2. The van der Waals surface area contributed by atoms with Crippen LogP contribution in [-0.4, -0.2) is 29.0 Å². The lowest BCUT2D eigenvalue weighted by atomic mass is 10.1. The quantitative estimate of drug-likeness (QED) is 0.864. The van der Waals surface area contributed by atoms with Gasteiger partial charge in [-0.15, -0.1) is 0 Å². The number of aryl methyl sites for hydroxylation is 1. The topological polar surface area (TPSA) is 63.1 Å². The number of hydrogen-bond acceptors (Lipinski definition) is 2. The molecule has 1 aliphatic rings. The number of fused-ring (bicyclic) bond motifs is 1. The van der Waals surface area contributed by atoms with E-state index in [1.807, 2.05) is 42.1 Å². The van der Waals surface area contributed by atoms with Crippen LogP contribution in [0.25, 0.3) is 10.9 Å². The van der Waals surface area contributed by atoms with Crippen molar-refractivity contribution in [3.05, 3.63) is 36.0 Å². The molecular formula is C15H17N3O2. The second kappa shape index (κ2) is 5.00.